The number of nitrogens with zero attached hydrogens (tertiary/aromatic N) is 3. The summed E-state index contributed by atoms with van der Waals surface area (Å²) in [6.07, 6.45) is -4.64. The molecule has 0 saturated carbocycles. The van der Waals surface area contributed by atoms with Gasteiger partial charge in [-0.05, 0) is 42.3 Å². The lowest BCUT2D eigenvalue weighted by Gasteiger charge is -2.32. The molecule has 2 fully saturated rings. The van der Waals surface area contributed by atoms with E-state index in [0.717, 1.165) is 17.0 Å². The molecule has 3 aliphatic heterocycles. The fourth-order valence-corrected chi connectivity index (χ4v) is 6.80. The molecule has 1 N–H and O–H groups in total. The van der Waals surface area contributed by atoms with Crippen molar-refractivity contribution in [2.75, 3.05) is 4.90 Å². The number of halogens is 3. The molecule has 10 heteroatoms. The monoisotopic (exact) mass is 544 g/mol. The van der Waals surface area contributed by atoms with Crippen LogP contribution in [0, 0.1) is 17.8 Å². The van der Waals surface area contributed by atoms with Crippen LogP contribution in [0.1, 0.15) is 30.8 Å². The third kappa shape index (κ3) is 3.05. The van der Waals surface area contributed by atoms with Crippen LogP contribution in [0.3, 0.4) is 0 Å². The number of alkyl halides is 3. The number of nitrogens with one attached hydrogen (secondary N) is 1. The topological polar surface area (TPSA) is 84.3 Å². The Bertz CT molecular complexity index is 1810. The van der Waals surface area contributed by atoms with E-state index in [4.69, 9.17) is 4.98 Å². The van der Waals surface area contributed by atoms with E-state index in [1.165, 1.54) is 16.7 Å². The largest absolute Gasteiger partial charge is 0.416 e. The van der Waals surface area contributed by atoms with Crippen molar-refractivity contribution in [1.82, 2.24) is 14.9 Å². The lowest BCUT2D eigenvalue weighted by Crippen LogP contribution is -2.51. The van der Waals surface area contributed by atoms with Crippen LogP contribution >= 0.6 is 0 Å². The number of fused-ring (bicyclic) bond motifs is 8. The van der Waals surface area contributed by atoms with E-state index in [1.54, 1.807) is 42.5 Å². The number of anilines is 1. The molecule has 0 radical (unpaired) electrons. The number of hydrogen-bond acceptors (Lipinski definition) is 5. The van der Waals surface area contributed by atoms with Gasteiger partial charge in [-0.2, -0.15) is 13.2 Å². The highest BCUT2D eigenvalue weighted by atomic mass is 19.4. The Kier molecular flexibility index (Phi) is 5.01. The van der Waals surface area contributed by atoms with E-state index in [-0.39, 0.29) is 17.2 Å². The van der Waals surface area contributed by atoms with Gasteiger partial charge in [-0.15, -0.1) is 0 Å². The zero-order valence-corrected chi connectivity index (χ0v) is 21.4. The van der Waals surface area contributed by atoms with E-state index < -0.39 is 47.0 Å². The van der Waals surface area contributed by atoms with Crippen LogP contribution in [0.2, 0.25) is 0 Å². The van der Waals surface area contributed by atoms with Gasteiger partial charge in [0.25, 0.3) is 5.56 Å². The van der Waals surface area contributed by atoms with Crippen molar-refractivity contribution in [3.8, 4) is 5.69 Å². The highest BCUT2D eigenvalue weighted by Gasteiger charge is 2.70. The first-order valence-corrected chi connectivity index (χ1v) is 13.0. The summed E-state index contributed by atoms with van der Waals surface area (Å²) in [4.78, 5) is 47.9. The number of imide groups is 1. The molecule has 2 saturated heterocycles. The molecule has 40 heavy (non-hydrogen) atoms. The first kappa shape index (κ1) is 24.7. The summed E-state index contributed by atoms with van der Waals surface area (Å²) in [6.45, 7) is 3.83. The van der Waals surface area contributed by atoms with Gasteiger partial charge in [0.1, 0.15) is 11.4 Å². The Balaban J connectivity index is 1.50. The summed E-state index contributed by atoms with van der Waals surface area (Å²) in [5.41, 5.74) is -1.11. The fraction of sp³-hybridized carbons (Fsp3) is 0.267. The number of carbonyl (C=O) groups excluding carboxylic acids is 2. The summed E-state index contributed by atoms with van der Waals surface area (Å²) < 4.78 is 42.1. The van der Waals surface area contributed by atoms with Gasteiger partial charge in [-0.3, -0.25) is 24.3 Å². The molecule has 1 spiro atoms. The van der Waals surface area contributed by atoms with Gasteiger partial charge in [0.15, 0.2) is 0 Å². The molecule has 2 amide bonds. The first-order chi connectivity index (χ1) is 19.1. The van der Waals surface area contributed by atoms with Crippen LogP contribution in [0.4, 0.5) is 18.9 Å². The quantitative estimate of drug-likeness (QED) is 0.379. The fourth-order valence-electron chi connectivity index (χ4n) is 6.80. The summed E-state index contributed by atoms with van der Waals surface area (Å²) in [5.74, 6) is -2.96. The average Bonchev–Trinajstić information content (AvgIpc) is 3.52. The van der Waals surface area contributed by atoms with Crippen molar-refractivity contribution in [1.29, 1.82) is 0 Å². The van der Waals surface area contributed by atoms with E-state index >= 15 is 0 Å². The van der Waals surface area contributed by atoms with Crippen molar-refractivity contribution >= 4 is 28.4 Å². The van der Waals surface area contributed by atoms with E-state index in [2.05, 4.69) is 5.32 Å². The second-order valence-electron chi connectivity index (χ2n) is 10.9. The molecule has 0 bridgehead atoms. The molecule has 0 unspecified atom stereocenters. The third-order valence-corrected chi connectivity index (χ3v) is 8.45. The minimum absolute atomic E-state index is 0.126. The van der Waals surface area contributed by atoms with Gasteiger partial charge in [0.05, 0.1) is 39.7 Å². The zero-order chi connectivity index (χ0) is 28.1. The van der Waals surface area contributed by atoms with Gasteiger partial charge in [0, 0.05) is 11.6 Å². The minimum Gasteiger partial charge on any atom is -0.296 e. The van der Waals surface area contributed by atoms with Crippen molar-refractivity contribution in [3.05, 3.63) is 100 Å². The molecular weight excluding hydrogens is 521 g/mol. The number of rotatable bonds is 2. The summed E-state index contributed by atoms with van der Waals surface area (Å²) in [5, 5.41) is 3.98. The van der Waals surface area contributed by atoms with E-state index in [1.807, 2.05) is 19.9 Å². The normalized spacial score (nSPS) is 25.2. The highest BCUT2D eigenvalue weighted by Crippen LogP contribution is 2.56. The molecule has 4 aromatic rings. The second-order valence-corrected chi connectivity index (χ2v) is 10.9. The van der Waals surface area contributed by atoms with Crippen molar-refractivity contribution in [2.24, 2.45) is 17.8 Å². The van der Waals surface area contributed by atoms with Crippen LogP contribution in [-0.2, 0) is 21.3 Å². The predicted octanol–water partition coefficient (Wildman–Crippen LogP) is 4.40. The van der Waals surface area contributed by atoms with Gasteiger partial charge >= 0.3 is 6.18 Å². The smallest absolute Gasteiger partial charge is 0.296 e. The average molecular weight is 545 g/mol. The molecular formula is C30H23F3N4O3. The summed E-state index contributed by atoms with van der Waals surface area (Å²) in [6, 6.07) is 17.8. The molecule has 4 atom stereocenters. The summed E-state index contributed by atoms with van der Waals surface area (Å²) >= 11 is 0. The number of benzene rings is 3. The number of aromatic nitrogens is 2. The van der Waals surface area contributed by atoms with E-state index in [0.29, 0.717) is 28.0 Å². The second kappa shape index (κ2) is 8.11. The highest BCUT2D eigenvalue weighted by molar-refractivity contribution is 6.23. The Morgan fingerprint density at radius 3 is 2.40 bits per heavy atom. The number of hydrogen-bond donors (Lipinski definition) is 1. The molecule has 0 aliphatic carbocycles. The number of carbonyl (C=O) groups is 2. The van der Waals surface area contributed by atoms with E-state index in [9.17, 15) is 27.6 Å². The van der Waals surface area contributed by atoms with Gasteiger partial charge < -0.3 is 0 Å². The van der Waals surface area contributed by atoms with Gasteiger partial charge in [0.2, 0.25) is 11.8 Å². The molecule has 202 valence electrons. The minimum atomic E-state index is -4.64. The Labute approximate surface area is 226 Å². The Morgan fingerprint density at radius 1 is 0.925 bits per heavy atom. The maximum Gasteiger partial charge on any atom is 0.416 e. The van der Waals surface area contributed by atoms with Gasteiger partial charge in [-0.1, -0.05) is 50.2 Å². The van der Waals surface area contributed by atoms with Crippen LogP contribution in [0.5, 0.6) is 0 Å². The first-order valence-electron chi connectivity index (χ1n) is 13.0. The van der Waals surface area contributed by atoms with Crippen LogP contribution < -0.4 is 15.8 Å². The standard InChI is InChI=1S/C30H23F3N4O3/c1-15(2)24-22-23(27(40)36(26(22)39)17-9-7-8-16(14-17)30(31,32)33)29(35-24)19-11-4-6-13-21(19)37-25(38)18-10-3-5-12-20(18)34-28(29)37/h3-15,22-24,35H,1-2H3/t22-,23-,24+,29+/m1/s1. The number of amides is 2. The maximum atomic E-state index is 14.3. The van der Waals surface area contributed by atoms with Crippen LogP contribution in [0.25, 0.3) is 16.6 Å². The van der Waals surface area contributed by atoms with Crippen molar-refractivity contribution < 1.29 is 22.8 Å². The molecule has 4 heterocycles. The number of para-hydroxylation sites is 2. The van der Waals surface area contributed by atoms with Crippen LogP contribution in [0.15, 0.2) is 77.6 Å². The maximum absolute atomic E-state index is 14.3. The molecule has 7 rings (SSSR count). The molecule has 1 aromatic heterocycles. The SMILES string of the molecule is CC(C)[C@@H]1N[C@@]2(c3ccccc3-n3c2nc2ccccc2c3=O)[C@H]2C(=O)N(c3cccc(C(F)(F)F)c3)C(=O)[C@@H]12. The molecule has 7 nitrogen and oxygen atoms in total. The Morgan fingerprint density at radius 2 is 1.65 bits per heavy atom. The predicted molar refractivity (Wildman–Crippen MR) is 141 cm³/mol. The lowest BCUT2D eigenvalue weighted by atomic mass is 9.75. The van der Waals surface area contributed by atoms with Gasteiger partial charge in [-0.25, -0.2) is 9.88 Å². The molecule has 3 aliphatic rings. The lowest BCUT2D eigenvalue weighted by molar-refractivity contribution is -0.137. The third-order valence-electron chi connectivity index (χ3n) is 8.45. The molecule has 3 aromatic carbocycles. The van der Waals surface area contributed by atoms with Crippen molar-refractivity contribution in [2.45, 2.75) is 31.6 Å². The van der Waals surface area contributed by atoms with Crippen LogP contribution in [-0.4, -0.2) is 27.4 Å². The zero-order valence-electron chi connectivity index (χ0n) is 21.4. The summed E-state index contributed by atoms with van der Waals surface area (Å²) in [7, 11) is 0. The Hall–Kier alpha value is -4.31. The van der Waals surface area contributed by atoms with Crippen molar-refractivity contribution in [3.63, 3.8) is 0 Å².